The van der Waals surface area contributed by atoms with E-state index >= 15 is 0 Å². The van der Waals surface area contributed by atoms with Crippen molar-refractivity contribution >= 4 is 21.7 Å². The second-order valence-corrected chi connectivity index (χ2v) is 5.28. The highest BCUT2D eigenvalue weighted by molar-refractivity contribution is 7.89. The van der Waals surface area contributed by atoms with Gasteiger partial charge in [-0.15, -0.1) is 0 Å². The van der Waals surface area contributed by atoms with E-state index in [4.69, 9.17) is 5.14 Å². The summed E-state index contributed by atoms with van der Waals surface area (Å²) in [6.07, 6.45) is 4.12. The molecule has 8 nitrogen and oxygen atoms in total. The number of nitrogens with zero attached hydrogens (tertiary/aromatic N) is 3. The molecule has 0 spiro atoms. The summed E-state index contributed by atoms with van der Waals surface area (Å²) in [5, 5.41) is 11.3. The summed E-state index contributed by atoms with van der Waals surface area (Å²) in [6.45, 7) is 0. The number of rotatable bonds is 3. The molecule has 3 N–H and O–H groups in total. The maximum atomic E-state index is 11.9. The monoisotopic (exact) mass is 281 g/mol. The number of primary sulfonamides is 1. The predicted molar refractivity (Wildman–Crippen MR) is 66.8 cm³/mol. The molecule has 0 unspecified atom stereocenters. The van der Waals surface area contributed by atoms with E-state index in [0.29, 0.717) is 5.56 Å². The van der Waals surface area contributed by atoms with Gasteiger partial charge in [-0.2, -0.15) is 5.10 Å². The highest BCUT2D eigenvalue weighted by Crippen LogP contribution is 2.17. The number of hydrogen-bond acceptors (Lipinski definition) is 5. The van der Waals surface area contributed by atoms with Gasteiger partial charge in [0.1, 0.15) is 4.90 Å². The van der Waals surface area contributed by atoms with Crippen LogP contribution in [0.4, 0.5) is 5.82 Å². The molecular weight excluding hydrogens is 270 g/mol. The summed E-state index contributed by atoms with van der Waals surface area (Å²) >= 11 is 0. The van der Waals surface area contributed by atoms with Crippen LogP contribution in [0.25, 0.3) is 0 Å². The van der Waals surface area contributed by atoms with Crippen LogP contribution in [0.1, 0.15) is 10.4 Å². The Bertz CT molecular complexity index is 708. The normalized spacial score (nSPS) is 11.3. The molecule has 100 valence electrons. The molecule has 2 heterocycles. The zero-order valence-electron chi connectivity index (χ0n) is 9.94. The van der Waals surface area contributed by atoms with Gasteiger partial charge in [-0.05, 0) is 12.1 Å². The molecule has 0 saturated carbocycles. The maximum Gasteiger partial charge on any atom is 0.257 e. The van der Waals surface area contributed by atoms with Crippen molar-refractivity contribution in [2.75, 3.05) is 5.32 Å². The minimum Gasteiger partial charge on any atom is -0.304 e. The lowest BCUT2D eigenvalue weighted by atomic mass is 10.2. The molecular formula is C10H11N5O3S. The number of aromatic nitrogens is 3. The van der Waals surface area contributed by atoms with Gasteiger partial charge in [0.25, 0.3) is 5.91 Å². The molecule has 2 rings (SSSR count). The number of pyridine rings is 1. The molecule has 2 aromatic heterocycles. The van der Waals surface area contributed by atoms with Crippen LogP contribution in [0.5, 0.6) is 0 Å². The first-order valence-corrected chi connectivity index (χ1v) is 6.70. The largest absolute Gasteiger partial charge is 0.304 e. The number of amides is 1. The maximum absolute atomic E-state index is 11.9. The van der Waals surface area contributed by atoms with Crippen molar-refractivity contribution in [3.63, 3.8) is 0 Å². The second kappa shape index (κ2) is 4.78. The quantitative estimate of drug-likeness (QED) is 0.801. The van der Waals surface area contributed by atoms with Crippen LogP contribution in [0, 0.1) is 0 Å². The van der Waals surface area contributed by atoms with Gasteiger partial charge in [0.2, 0.25) is 10.0 Å². The molecule has 2 aromatic rings. The van der Waals surface area contributed by atoms with Crippen molar-refractivity contribution in [1.82, 2.24) is 14.8 Å². The molecule has 0 fully saturated rings. The Morgan fingerprint density at radius 3 is 2.58 bits per heavy atom. The van der Waals surface area contributed by atoms with Crippen LogP contribution < -0.4 is 10.5 Å². The average Bonchev–Trinajstić information content (AvgIpc) is 2.71. The van der Waals surface area contributed by atoms with Crippen molar-refractivity contribution in [2.45, 2.75) is 4.90 Å². The average molecular weight is 281 g/mol. The van der Waals surface area contributed by atoms with Gasteiger partial charge in [0.15, 0.2) is 5.82 Å². The van der Waals surface area contributed by atoms with Crippen molar-refractivity contribution in [2.24, 2.45) is 12.2 Å². The molecule has 19 heavy (non-hydrogen) atoms. The lowest BCUT2D eigenvalue weighted by Gasteiger charge is -2.03. The molecule has 0 saturated heterocycles. The fourth-order valence-corrected chi connectivity index (χ4v) is 2.11. The third-order valence-electron chi connectivity index (χ3n) is 2.28. The summed E-state index contributed by atoms with van der Waals surface area (Å²) in [6, 6.07) is 2.99. The smallest absolute Gasteiger partial charge is 0.257 e. The lowest BCUT2D eigenvalue weighted by molar-refractivity contribution is 0.102. The molecule has 1 amide bonds. The highest BCUT2D eigenvalue weighted by atomic mass is 32.2. The van der Waals surface area contributed by atoms with Gasteiger partial charge in [0, 0.05) is 31.2 Å². The molecule has 9 heteroatoms. The number of hydrogen-bond donors (Lipinski definition) is 2. The zero-order valence-corrected chi connectivity index (χ0v) is 10.8. The number of carbonyl (C=O) groups is 1. The van der Waals surface area contributed by atoms with Gasteiger partial charge in [-0.25, -0.2) is 13.6 Å². The molecule has 0 aliphatic rings. The first kappa shape index (κ1) is 13.2. The first-order valence-electron chi connectivity index (χ1n) is 5.16. The molecule has 0 aliphatic heterocycles. The van der Waals surface area contributed by atoms with Crippen molar-refractivity contribution in [1.29, 1.82) is 0 Å². The summed E-state index contributed by atoms with van der Waals surface area (Å²) in [7, 11) is -2.43. The van der Waals surface area contributed by atoms with Crippen molar-refractivity contribution in [3.05, 3.63) is 36.3 Å². The summed E-state index contributed by atoms with van der Waals surface area (Å²) < 4.78 is 23.9. The molecule has 0 atom stereocenters. The standard InChI is InChI=1S/C10H11N5O3S/c1-15-6-8(19(11,17)18)9(14-15)13-10(16)7-2-4-12-5-3-7/h2-6H,1H3,(H2,11,17,18)(H,13,14,16). The lowest BCUT2D eigenvalue weighted by Crippen LogP contribution is -2.17. The van der Waals surface area contributed by atoms with E-state index in [1.165, 1.54) is 42.5 Å². The fraction of sp³-hybridized carbons (Fsp3) is 0.100. The Hall–Kier alpha value is -2.26. The number of carbonyl (C=O) groups excluding carboxylic acids is 1. The predicted octanol–water partition coefficient (Wildman–Crippen LogP) is -0.285. The molecule has 0 aromatic carbocycles. The fourth-order valence-electron chi connectivity index (χ4n) is 1.44. The number of anilines is 1. The third kappa shape index (κ3) is 2.95. The molecule has 0 aliphatic carbocycles. The van der Waals surface area contributed by atoms with Crippen LogP contribution in [-0.2, 0) is 17.1 Å². The van der Waals surface area contributed by atoms with E-state index in [1.807, 2.05) is 0 Å². The topological polar surface area (TPSA) is 120 Å². The first-order chi connectivity index (χ1) is 8.88. The van der Waals surface area contributed by atoms with Gasteiger partial charge in [-0.1, -0.05) is 0 Å². The molecule has 0 bridgehead atoms. The summed E-state index contributed by atoms with van der Waals surface area (Å²) in [4.78, 5) is 15.4. The highest BCUT2D eigenvalue weighted by Gasteiger charge is 2.20. The van der Waals surface area contributed by atoms with E-state index in [2.05, 4.69) is 15.4 Å². The second-order valence-electron chi connectivity index (χ2n) is 3.75. The van der Waals surface area contributed by atoms with Crippen molar-refractivity contribution in [3.8, 4) is 0 Å². The SMILES string of the molecule is Cn1cc(S(N)(=O)=O)c(NC(=O)c2ccncc2)n1. The zero-order chi connectivity index (χ0) is 14.0. The van der Waals surface area contributed by atoms with Crippen LogP contribution in [0.2, 0.25) is 0 Å². The number of aryl methyl sites for hydroxylation is 1. The Morgan fingerprint density at radius 1 is 1.37 bits per heavy atom. The van der Waals surface area contributed by atoms with E-state index in [1.54, 1.807) is 0 Å². The summed E-state index contributed by atoms with van der Waals surface area (Å²) in [5.74, 6) is -0.599. The Kier molecular flexibility index (Phi) is 3.32. The molecule has 0 radical (unpaired) electrons. The van der Waals surface area contributed by atoms with Gasteiger partial charge < -0.3 is 5.32 Å². The van der Waals surface area contributed by atoms with Gasteiger partial charge >= 0.3 is 0 Å². The third-order valence-corrected chi connectivity index (χ3v) is 3.19. The number of nitrogens with two attached hydrogens (primary N) is 1. The van der Waals surface area contributed by atoms with Crippen LogP contribution in [-0.4, -0.2) is 29.1 Å². The minimum absolute atomic E-state index is 0.105. The van der Waals surface area contributed by atoms with Crippen molar-refractivity contribution < 1.29 is 13.2 Å². The van der Waals surface area contributed by atoms with E-state index in [-0.39, 0.29) is 10.7 Å². The minimum atomic E-state index is -3.95. The van der Waals surface area contributed by atoms with E-state index in [0.717, 1.165) is 0 Å². The summed E-state index contributed by atoms with van der Waals surface area (Å²) in [5.41, 5.74) is 0.334. The number of sulfonamides is 1. The Labute approximate surface area is 109 Å². The van der Waals surface area contributed by atoms with Crippen LogP contribution in [0.3, 0.4) is 0 Å². The Balaban J connectivity index is 2.33. The van der Waals surface area contributed by atoms with Gasteiger partial charge in [0.05, 0.1) is 0 Å². The van der Waals surface area contributed by atoms with Gasteiger partial charge in [-0.3, -0.25) is 14.5 Å². The van der Waals surface area contributed by atoms with Crippen LogP contribution >= 0.6 is 0 Å². The van der Waals surface area contributed by atoms with E-state index in [9.17, 15) is 13.2 Å². The van der Waals surface area contributed by atoms with E-state index < -0.39 is 15.9 Å². The Morgan fingerprint density at radius 2 is 2.00 bits per heavy atom. The van der Waals surface area contributed by atoms with Crippen LogP contribution in [0.15, 0.2) is 35.6 Å². The number of nitrogens with one attached hydrogen (secondary N) is 1.